The number of benzene rings is 1. The molecule has 0 heterocycles. The van der Waals surface area contributed by atoms with Gasteiger partial charge in [0.2, 0.25) is 0 Å². The van der Waals surface area contributed by atoms with Crippen molar-refractivity contribution in [1.29, 1.82) is 0 Å². The third kappa shape index (κ3) is 2.48. The number of hydrogen-bond acceptors (Lipinski definition) is 2. The van der Waals surface area contributed by atoms with E-state index in [1.165, 1.54) is 0 Å². The number of aryl methyl sites for hydroxylation is 2. The summed E-state index contributed by atoms with van der Waals surface area (Å²) in [6.07, 6.45) is 2.17. The van der Waals surface area contributed by atoms with Crippen molar-refractivity contribution in [3.05, 3.63) is 28.3 Å². The number of carbonyl (C=O) groups is 1. The van der Waals surface area contributed by atoms with Gasteiger partial charge in [-0.25, -0.2) is 0 Å². The molecule has 0 saturated heterocycles. The molecule has 0 N–H and O–H groups in total. The van der Waals surface area contributed by atoms with Crippen LogP contribution in [0.5, 0.6) is 5.75 Å². The Labute approximate surface area is 88.8 Å². The van der Waals surface area contributed by atoms with Crippen molar-refractivity contribution >= 4 is 17.9 Å². The third-order valence-corrected chi connectivity index (χ3v) is 2.32. The first-order chi connectivity index (χ1) is 6.69. The highest BCUT2D eigenvalue weighted by molar-refractivity contribution is 6.32. The Morgan fingerprint density at radius 1 is 1.50 bits per heavy atom. The Bertz CT molecular complexity index is 311. The largest absolute Gasteiger partial charge is 0.495 e. The predicted molar refractivity (Wildman–Crippen MR) is 57.1 cm³/mol. The molecular formula is C11H13ClO2. The molecule has 3 heteroatoms. The minimum Gasteiger partial charge on any atom is -0.495 e. The molecule has 1 aromatic carbocycles. The predicted octanol–water partition coefficient (Wildman–Crippen LogP) is 2.79. The van der Waals surface area contributed by atoms with Crippen molar-refractivity contribution in [3.63, 3.8) is 0 Å². The number of rotatable bonds is 4. The highest BCUT2D eigenvalue weighted by Crippen LogP contribution is 2.29. The highest BCUT2D eigenvalue weighted by Gasteiger charge is 2.06. The van der Waals surface area contributed by atoms with Gasteiger partial charge < -0.3 is 9.53 Å². The first-order valence-corrected chi connectivity index (χ1v) is 4.83. The molecule has 1 aromatic rings. The van der Waals surface area contributed by atoms with Gasteiger partial charge in [-0.05, 0) is 30.5 Å². The van der Waals surface area contributed by atoms with Crippen LogP contribution in [-0.2, 0) is 11.2 Å². The van der Waals surface area contributed by atoms with Crippen LogP contribution in [0.2, 0.25) is 5.02 Å². The molecule has 1 rings (SSSR count). The summed E-state index contributed by atoms with van der Waals surface area (Å²) in [6, 6.07) is 3.84. The molecule has 0 saturated carbocycles. The van der Waals surface area contributed by atoms with Crippen molar-refractivity contribution in [3.8, 4) is 5.75 Å². The van der Waals surface area contributed by atoms with Gasteiger partial charge in [-0.1, -0.05) is 17.7 Å². The van der Waals surface area contributed by atoms with Crippen LogP contribution in [0.3, 0.4) is 0 Å². The van der Waals surface area contributed by atoms with Crippen LogP contribution in [0.1, 0.15) is 17.5 Å². The van der Waals surface area contributed by atoms with Crippen molar-refractivity contribution < 1.29 is 9.53 Å². The molecule has 0 atom stereocenters. The van der Waals surface area contributed by atoms with Crippen LogP contribution in [-0.4, -0.2) is 13.4 Å². The lowest BCUT2D eigenvalue weighted by atomic mass is 10.1. The number of aldehydes is 1. The van der Waals surface area contributed by atoms with Gasteiger partial charge in [0, 0.05) is 6.42 Å². The molecule has 0 fully saturated rings. The number of ether oxygens (including phenoxy) is 1. The molecule has 0 aliphatic carbocycles. The second-order valence-corrected chi connectivity index (χ2v) is 3.54. The monoisotopic (exact) mass is 212 g/mol. The van der Waals surface area contributed by atoms with E-state index in [1.54, 1.807) is 7.11 Å². The van der Waals surface area contributed by atoms with Gasteiger partial charge in [0.15, 0.2) is 0 Å². The lowest BCUT2D eigenvalue weighted by Gasteiger charge is -2.09. The number of halogens is 1. The summed E-state index contributed by atoms with van der Waals surface area (Å²) < 4.78 is 5.13. The molecule has 2 nitrogen and oxygen atoms in total. The Morgan fingerprint density at radius 2 is 2.21 bits per heavy atom. The summed E-state index contributed by atoms with van der Waals surface area (Å²) in [6.45, 7) is 1.94. The standard InChI is InChI=1S/C11H13ClO2/c1-8-6-9(4-3-5-13)7-10(12)11(8)14-2/h5-7H,3-4H2,1-2H3. The van der Waals surface area contributed by atoms with Gasteiger partial charge in [-0.2, -0.15) is 0 Å². The third-order valence-electron chi connectivity index (χ3n) is 2.04. The van der Waals surface area contributed by atoms with E-state index in [0.29, 0.717) is 17.2 Å². The fourth-order valence-electron chi connectivity index (χ4n) is 1.43. The maximum atomic E-state index is 10.2. The molecule has 0 amide bonds. The van der Waals surface area contributed by atoms with E-state index in [-0.39, 0.29) is 0 Å². The quantitative estimate of drug-likeness (QED) is 0.718. The normalized spacial score (nSPS) is 9.93. The SMILES string of the molecule is COc1c(C)cc(CCC=O)cc1Cl. The van der Waals surface area contributed by atoms with Gasteiger partial charge in [-0.3, -0.25) is 0 Å². The maximum Gasteiger partial charge on any atom is 0.140 e. The van der Waals surface area contributed by atoms with E-state index in [1.807, 2.05) is 19.1 Å². The highest BCUT2D eigenvalue weighted by atomic mass is 35.5. The van der Waals surface area contributed by atoms with Gasteiger partial charge in [0.05, 0.1) is 12.1 Å². The first kappa shape index (κ1) is 11.1. The zero-order valence-corrected chi connectivity index (χ0v) is 9.10. The Hall–Kier alpha value is -1.02. The zero-order chi connectivity index (χ0) is 10.6. The second-order valence-electron chi connectivity index (χ2n) is 3.13. The minimum absolute atomic E-state index is 0.530. The van der Waals surface area contributed by atoms with Crippen LogP contribution >= 0.6 is 11.6 Å². The fourth-order valence-corrected chi connectivity index (χ4v) is 1.80. The van der Waals surface area contributed by atoms with E-state index >= 15 is 0 Å². The second kappa shape index (κ2) is 5.01. The number of carbonyl (C=O) groups excluding carboxylic acids is 1. The smallest absolute Gasteiger partial charge is 0.140 e. The number of methoxy groups -OCH3 is 1. The lowest BCUT2D eigenvalue weighted by molar-refractivity contribution is -0.107. The molecule has 76 valence electrons. The maximum absolute atomic E-state index is 10.2. The van der Waals surface area contributed by atoms with Crippen LogP contribution in [0, 0.1) is 6.92 Å². The summed E-state index contributed by atoms with van der Waals surface area (Å²) >= 11 is 6.00. The van der Waals surface area contributed by atoms with E-state index in [4.69, 9.17) is 16.3 Å². The van der Waals surface area contributed by atoms with Gasteiger partial charge in [-0.15, -0.1) is 0 Å². The fraction of sp³-hybridized carbons (Fsp3) is 0.364. The molecule has 0 bridgehead atoms. The van der Waals surface area contributed by atoms with Crippen LogP contribution < -0.4 is 4.74 Å². The molecule has 0 aromatic heterocycles. The molecular weight excluding hydrogens is 200 g/mol. The Balaban J connectivity index is 2.95. The molecule has 0 unspecified atom stereocenters. The lowest BCUT2D eigenvalue weighted by Crippen LogP contribution is -1.92. The summed E-state index contributed by atoms with van der Waals surface area (Å²) in [5, 5.41) is 0.605. The summed E-state index contributed by atoms with van der Waals surface area (Å²) in [4.78, 5) is 10.2. The van der Waals surface area contributed by atoms with Gasteiger partial charge in [0.25, 0.3) is 0 Å². The molecule has 14 heavy (non-hydrogen) atoms. The van der Waals surface area contributed by atoms with Crippen LogP contribution in [0.4, 0.5) is 0 Å². The van der Waals surface area contributed by atoms with E-state index in [0.717, 1.165) is 23.8 Å². The average Bonchev–Trinajstić information content (AvgIpc) is 2.14. The molecule has 0 aliphatic rings. The van der Waals surface area contributed by atoms with E-state index in [2.05, 4.69) is 0 Å². The summed E-state index contributed by atoms with van der Waals surface area (Å²) in [7, 11) is 1.60. The molecule has 0 aliphatic heterocycles. The van der Waals surface area contributed by atoms with Gasteiger partial charge in [0.1, 0.15) is 12.0 Å². The summed E-state index contributed by atoms with van der Waals surface area (Å²) in [5.74, 6) is 0.710. The zero-order valence-electron chi connectivity index (χ0n) is 8.34. The van der Waals surface area contributed by atoms with Crippen molar-refractivity contribution in [1.82, 2.24) is 0 Å². The van der Waals surface area contributed by atoms with Crippen LogP contribution in [0.15, 0.2) is 12.1 Å². The topological polar surface area (TPSA) is 26.3 Å². The van der Waals surface area contributed by atoms with Crippen LogP contribution in [0.25, 0.3) is 0 Å². The summed E-state index contributed by atoms with van der Waals surface area (Å²) in [5.41, 5.74) is 2.07. The van der Waals surface area contributed by atoms with Gasteiger partial charge >= 0.3 is 0 Å². The Morgan fingerprint density at radius 3 is 2.71 bits per heavy atom. The number of hydrogen-bond donors (Lipinski definition) is 0. The Kier molecular flexibility index (Phi) is 3.96. The minimum atomic E-state index is 0.530. The van der Waals surface area contributed by atoms with E-state index < -0.39 is 0 Å². The van der Waals surface area contributed by atoms with Crippen molar-refractivity contribution in [2.24, 2.45) is 0 Å². The molecule has 0 radical (unpaired) electrons. The van der Waals surface area contributed by atoms with E-state index in [9.17, 15) is 4.79 Å². The first-order valence-electron chi connectivity index (χ1n) is 4.45. The average molecular weight is 213 g/mol. The van der Waals surface area contributed by atoms with Crippen molar-refractivity contribution in [2.75, 3.05) is 7.11 Å². The van der Waals surface area contributed by atoms with Crippen molar-refractivity contribution in [2.45, 2.75) is 19.8 Å². The molecule has 0 spiro atoms.